The minimum Gasteiger partial charge on any atom is -0.480 e. The molecular formula is C9H18N2O3S. The number of carbonyl (C=O) groups excluding carboxylic acids is 1. The van der Waals surface area contributed by atoms with Gasteiger partial charge >= 0.3 is 12.0 Å². The Morgan fingerprint density at radius 1 is 1.53 bits per heavy atom. The van der Waals surface area contributed by atoms with E-state index in [1.807, 2.05) is 13.2 Å². The van der Waals surface area contributed by atoms with Gasteiger partial charge in [0.15, 0.2) is 0 Å². The Morgan fingerprint density at radius 3 is 2.53 bits per heavy atom. The van der Waals surface area contributed by atoms with Gasteiger partial charge in [-0.05, 0) is 13.2 Å². The number of carbonyl (C=O) groups is 2. The molecule has 88 valence electrons. The second kappa shape index (κ2) is 7.39. The predicted molar refractivity (Wildman–Crippen MR) is 61.3 cm³/mol. The zero-order valence-electron chi connectivity index (χ0n) is 9.32. The minimum absolute atomic E-state index is 0.254. The van der Waals surface area contributed by atoms with E-state index in [1.54, 1.807) is 18.7 Å². The molecule has 1 atom stereocenters. The lowest BCUT2D eigenvalue weighted by molar-refractivity contribution is -0.137. The van der Waals surface area contributed by atoms with Gasteiger partial charge < -0.3 is 15.3 Å². The first-order valence-corrected chi connectivity index (χ1v) is 6.07. The van der Waals surface area contributed by atoms with Crippen molar-refractivity contribution in [2.75, 3.05) is 25.9 Å². The Bertz CT molecular complexity index is 223. The first-order chi connectivity index (χ1) is 7.01. The highest BCUT2D eigenvalue weighted by Gasteiger charge is 2.14. The molecule has 0 radical (unpaired) electrons. The molecule has 15 heavy (non-hydrogen) atoms. The van der Waals surface area contributed by atoms with Crippen molar-refractivity contribution in [3.8, 4) is 0 Å². The van der Waals surface area contributed by atoms with Crippen molar-refractivity contribution in [2.45, 2.75) is 19.1 Å². The van der Waals surface area contributed by atoms with Gasteiger partial charge in [0.2, 0.25) is 0 Å². The van der Waals surface area contributed by atoms with Crippen LogP contribution in [0.1, 0.15) is 13.8 Å². The first kappa shape index (κ1) is 14.1. The molecule has 2 N–H and O–H groups in total. The Kier molecular flexibility index (Phi) is 6.94. The van der Waals surface area contributed by atoms with Crippen LogP contribution >= 0.6 is 11.8 Å². The van der Waals surface area contributed by atoms with Crippen molar-refractivity contribution >= 4 is 23.8 Å². The summed E-state index contributed by atoms with van der Waals surface area (Å²) in [5, 5.41) is 11.6. The van der Waals surface area contributed by atoms with E-state index in [1.165, 1.54) is 4.90 Å². The van der Waals surface area contributed by atoms with Crippen molar-refractivity contribution in [1.82, 2.24) is 10.2 Å². The van der Waals surface area contributed by atoms with E-state index >= 15 is 0 Å². The predicted octanol–water partition coefficient (Wildman–Crippen LogP) is 0.854. The fourth-order valence-electron chi connectivity index (χ4n) is 0.917. The third-order valence-corrected chi connectivity index (χ3v) is 2.91. The van der Waals surface area contributed by atoms with Gasteiger partial charge in [0.25, 0.3) is 0 Å². The summed E-state index contributed by atoms with van der Waals surface area (Å²) in [6, 6.07) is -0.319. The molecule has 0 aromatic rings. The normalized spacial score (nSPS) is 11.9. The third-order valence-electron chi connectivity index (χ3n) is 1.94. The number of nitrogens with zero attached hydrogens (tertiary/aromatic N) is 1. The Hall–Kier alpha value is -0.910. The van der Waals surface area contributed by atoms with Crippen LogP contribution in [-0.2, 0) is 4.79 Å². The second-order valence-electron chi connectivity index (χ2n) is 3.14. The molecule has 0 rings (SSSR count). The number of carboxylic acid groups (broad SMARTS) is 1. The lowest BCUT2D eigenvalue weighted by Crippen LogP contribution is -2.44. The highest BCUT2D eigenvalue weighted by molar-refractivity contribution is 7.99. The molecule has 0 fully saturated rings. The summed E-state index contributed by atoms with van der Waals surface area (Å²) >= 11 is 1.65. The number of thioether (sulfide) groups is 1. The Morgan fingerprint density at radius 2 is 2.13 bits per heavy atom. The summed E-state index contributed by atoms with van der Waals surface area (Å²) in [5.74, 6) is -0.995. The van der Waals surface area contributed by atoms with Gasteiger partial charge in [0.1, 0.15) is 6.54 Å². The van der Waals surface area contributed by atoms with Gasteiger partial charge in [0, 0.05) is 18.3 Å². The number of nitrogens with one attached hydrogen (secondary N) is 1. The average molecular weight is 234 g/mol. The van der Waals surface area contributed by atoms with Crippen LogP contribution in [0.2, 0.25) is 0 Å². The lowest BCUT2D eigenvalue weighted by atomic mass is 10.4. The quantitative estimate of drug-likeness (QED) is 0.715. The van der Waals surface area contributed by atoms with Crippen LogP contribution in [0.4, 0.5) is 4.79 Å². The molecule has 2 amide bonds. The van der Waals surface area contributed by atoms with Crippen LogP contribution in [-0.4, -0.2) is 53.1 Å². The number of amides is 2. The van der Waals surface area contributed by atoms with E-state index in [0.717, 1.165) is 0 Å². The Balaban J connectivity index is 3.99. The van der Waals surface area contributed by atoms with Crippen LogP contribution in [0, 0.1) is 0 Å². The lowest BCUT2D eigenvalue weighted by Gasteiger charge is -2.20. The highest BCUT2D eigenvalue weighted by Crippen LogP contribution is 2.02. The monoisotopic (exact) mass is 234 g/mol. The van der Waals surface area contributed by atoms with Crippen molar-refractivity contribution in [3.63, 3.8) is 0 Å². The summed E-state index contributed by atoms with van der Waals surface area (Å²) < 4.78 is 0. The molecule has 5 nitrogen and oxygen atoms in total. The van der Waals surface area contributed by atoms with E-state index in [0.29, 0.717) is 18.3 Å². The molecule has 0 bridgehead atoms. The zero-order chi connectivity index (χ0) is 11.8. The topological polar surface area (TPSA) is 69.6 Å². The molecule has 0 aromatic carbocycles. The molecule has 0 aliphatic carbocycles. The average Bonchev–Trinajstić information content (AvgIpc) is 2.21. The van der Waals surface area contributed by atoms with Crippen molar-refractivity contribution < 1.29 is 14.7 Å². The van der Waals surface area contributed by atoms with E-state index < -0.39 is 5.97 Å². The van der Waals surface area contributed by atoms with Crippen molar-refractivity contribution in [2.24, 2.45) is 0 Å². The number of hydrogen-bond acceptors (Lipinski definition) is 3. The SMILES string of the molecule is CCN(CC(=O)O)C(=O)NCC(C)SC. The fourth-order valence-corrected chi connectivity index (χ4v) is 1.17. The summed E-state index contributed by atoms with van der Waals surface area (Å²) in [6.07, 6.45) is 1.96. The van der Waals surface area contributed by atoms with Gasteiger partial charge in [-0.15, -0.1) is 0 Å². The molecule has 0 aliphatic heterocycles. The van der Waals surface area contributed by atoms with Gasteiger partial charge in [-0.2, -0.15) is 11.8 Å². The van der Waals surface area contributed by atoms with E-state index in [2.05, 4.69) is 5.32 Å². The summed E-state index contributed by atoms with van der Waals surface area (Å²) in [4.78, 5) is 23.2. The van der Waals surface area contributed by atoms with Gasteiger partial charge in [-0.3, -0.25) is 4.79 Å². The molecule has 0 saturated heterocycles. The number of hydrogen-bond donors (Lipinski definition) is 2. The number of carboxylic acids is 1. The molecule has 0 heterocycles. The Labute approximate surface area is 94.2 Å². The van der Waals surface area contributed by atoms with Crippen LogP contribution in [0.15, 0.2) is 0 Å². The van der Waals surface area contributed by atoms with Gasteiger partial charge in [-0.25, -0.2) is 4.79 Å². The number of rotatable bonds is 6. The maximum atomic E-state index is 11.5. The largest absolute Gasteiger partial charge is 0.480 e. The molecule has 1 unspecified atom stereocenters. The number of likely N-dealkylation sites (N-methyl/N-ethyl adjacent to an activating group) is 1. The number of urea groups is 1. The van der Waals surface area contributed by atoms with Gasteiger partial charge in [0.05, 0.1) is 0 Å². The molecule has 6 heteroatoms. The van der Waals surface area contributed by atoms with Crippen LogP contribution in [0.25, 0.3) is 0 Å². The molecular weight excluding hydrogens is 216 g/mol. The van der Waals surface area contributed by atoms with Crippen LogP contribution < -0.4 is 5.32 Å². The third kappa shape index (κ3) is 6.22. The molecule has 0 aromatic heterocycles. The standard InChI is InChI=1S/C9H18N2O3S/c1-4-11(6-8(12)13)9(14)10-5-7(2)15-3/h7H,4-6H2,1-3H3,(H,10,14)(H,12,13). The van der Waals surface area contributed by atoms with Gasteiger partial charge in [-0.1, -0.05) is 6.92 Å². The summed E-state index contributed by atoms with van der Waals surface area (Å²) in [5.41, 5.74) is 0. The second-order valence-corrected chi connectivity index (χ2v) is 4.42. The first-order valence-electron chi connectivity index (χ1n) is 4.78. The van der Waals surface area contributed by atoms with E-state index in [-0.39, 0.29) is 12.6 Å². The zero-order valence-corrected chi connectivity index (χ0v) is 10.1. The summed E-state index contributed by atoms with van der Waals surface area (Å²) in [7, 11) is 0. The summed E-state index contributed by atoms with van der Waals surface area (Å²) in [6.45, 7) is 4.44. The molecule has 0 spiro atoms. The fraction of sp³-hybridized carbons (Fsp3) is 0.778. The minimum atomic E-state index is -0.995. The molecule has 0 aliphatic rings. The van der Waals surface area contributed by atoms with E-state index in [4.69, 9.17) is 5.11 Å². The highest BCUT2D eigenvalue weighted by atomic mass is 32.2. The maximum Gasteiger partial charge on any atom is 0.323 e. The van der Waals surface area contributed by atoms with Crippen LogP contribution in [0.3, 0.4) is 0 Å². The van der Waals surface area contributed by atoms with Crippen molar-refractivity contribution in [1.29, 1.82) is 0 Å². The number of aliphatic carboxylic acids is 1. The van der Waals surface area contributed by atoms with Crippen molar-refractivity contribution in [3.05, 3.63) is 0 Å². The molecule has 0 saturated carbocycles. The smallest absolute Gasteiger partial charge is 0.323 e. The van der Waals surface area contributed by atoms with E-state index in [9.17, 15) is 9.59 Å². The maximum absolute atomic E-state index is 11.5. The van der Waals surface area contributed by atoms with Crippen LogP contribution in [0.5, 0.6) is 0 Å².